The normalized spacial score (nSPS) is 10.8. The van der Waals surface area contributed by atoms with Crippen molar-refractivity contribution in [3.63, 3.8) is 0 Å². The first-order valence-corrected chi connectivity index (χ1v) is 8.99. The van der Waals surface area contributed by atoms with E-state index < -0.39 is 11.6 Å². The number of carbonyl (C=O) groups excluding carboxylic acids is 1. The van der Waals surface area contributed by atoms with E-state index in [1.54, 1.807) is 35.9 Å². The largest absolute Gasteiger partial charge is 0.457 e. The zero-order valence-corrected chi connectivity index (χ0v) is 16.1. The molecular weight excluding hydrogens is 392 g/mol. The van der Waals surface area contributed by atoms with Gasteiger partial charge in [0.15, 0.2) is 0 Å². The van der Waals surface area contributed by atoms with Crippen molar-refractivity contribution in [2.24, 2.45) is 7.05 Å². The number of amides is 1. The van der Waals surface area contributed by atoms with Gasteiger partial charge in [-0.25, -0.2) is 13.8 Å². The first kappa shape index (κ1) is 19.3. The fourth-order valence-electron chi connectivity index (χ4n) is 2.93. The predicted molar refractivity (Wildman–Crippen MR) is 108 cm³/mol. The second kappa shape index (κ2) is 7.78. The third kappa shape index (κ3) is 3.77. The lowest BCUT2D eigenvalue weighted by atomic mass is 10.3. The van der Waals surface area contributed by atoms with Gasteiger partial charge in [-0.3, -0.25) is 9.78 Å². The van der Waals surface area contributed by atoms with Crippen molar-refractivity contribution in [2.75, 3.05) is 12.4 Å². The molecule has 0 bridgehead atoms. The second-order valence-electron chi connectivity index (χ2n) is 6.45. The first-order valence-electron chi connectivity index (χ1n) is 8.99. The van der Waals surface area contributed by atoms with Crippen LogP contribution in [0.1, 0.15) is 10.5 Å². The molecular formula is C21H17F2N5O2. The maximum atomic E-state index is 13.9. The first-order chi connectivity index (χ1) is 14.4. The van der Waals surface area contributed by atoms with Gasteiger partial charge in [0.1, 0.15) is 28.8 Å². The molecule has 0 atom stereocenters. The monoisotopic (exact) mass is 409 g/mol. The summed E-state index contributed by atoms with van der Waals surface area (Å²) in [6.07, 6.45) is 1.48. The molecule has 7 nitrogen and oxygen atoms in total. The molecule has 2 N–H and O–H groups in total. The van der Waals surface area contributed by atoms with Crippen molar-refractivity contribution in [3.8, 4) is 11.5 Å². The van der Waals surface area contributed by atoms with Crippen molar-refractivity contribution in [1.82, 2.24) is 19.9 Å². The third-order valence-corrected chi connectivity index (χ3v) is 4.45. The lowest BCUT2D eigenvalue weighted by Gasteiger charge is -2.08. The molecule has 0 fully saturated rings. The number of aryl methyl sites for hydroxylation is 1. The Kier molecular flexibility index (Phi) is 5.01. The second-order valence-corrected chi connectivity index (χ2v) is 6.45. The summed E-state index contributed by atoms with van der Waals surface area (Å²) in [5, 5.41) is 5.32. The maximum absolute atomic E-state index is 13.9. The Bertz CT molecular complexity index is 1260. The van der Waals surface area contributed by atoms with Crippen LogP contribution in [0, 0.1) is 11.6 Å². The van der Waals surface area contributed by atoms with Gasteiger partial charge < -0.3 is 19.9 Å². The molecule has 0 aliphatic carbocycles. The van der Waals surface area contributed by atoms with Gasteiger partial charge in [0.05, 0.1) is 16.7 Å². The minimum atomic E-state index is -0.586. The van der Waals surface area contributed by atoms with Crippen molar-refractivity contribution in [2.45, 2.75) is 0 Å². The number of carbonyl (C=O) groups is 1. The van der Waals surface area contributed by atoms with Crippen LogP contribution in [0.15, 0.2) is 54.7 Å². The summed E-state index contributed by atoms with van der Waals surface area (Å²) in [7, 11) is 3.28. The molecule has 0 unspecified atom stereocenters. The number of halogens is 2. The minimum absolute atomic E-state index is 0.0107. The van der Waals surface area contributed by atoms with E-state index in [1.165, 1.54) is 19.3 Å². The number of ether oxygens (including phenoxy) is 1. The molecule has 152 valence electrons. The van der Waals surface area contributed by atoms with Crippen molar-refractivity contribution >= 4 is 28.6 Å². The minimum Gasteiger partial charge on any atom is -0.457 e. The van der Waals surface area contributed by atoms with Crippen LogP contribution in [-0.2, 0) is 7.05 Å². The Balaban J connectivity index is 1.62. The lowest BCUT2D eigenvalue weighted by molar-refractivity contribution is 0.0958. The molecule has 0 radical (unpaired) electrons. The summed E-state index contributed by atoms with van der Waals surface area (Å²) in [5.41, 5.74) is 1.58. The Morgan fingerprint density at radius 3 is 2.67 bits per heavy atom. The van der Waals surface area contributed by atoms with Crippen LogP contribution < -0.4 is 15.4 Å². The number of pyridine rings is 1. The van der Waals surface area contributed by atoms with Gasteiger partial charge in [0.2, 0.25) is 5.95 Å². The third-order valence-electron chi connectivity index (χ3n) is 4.45. The number of hydrogen-bond acceptors (Lipinski definition) is 5. The predicted octanol–water partition coefficient (Wildman–Crippen LogP) is 4.14. The van der Waals surface area contributed by atoms with E-state index in [1.807, 2.05) is 0 Å². The van der Waals surface area contributed by atoms with E-state index in [0.717, 1.165) is 23.7 Å². The highest BCUT2D eigenvalue weighted by molar-refractivity contribution is 5.92. The van der Waals surface area contributed by atoms with Crippen molar-refractivity contribution < 1.29 is 18.3 Å². The molecule has 30 heavy (non-hydrogen) atoms. The van der Waals surface area contributed by atoms with E-state index in [4.69, 9.17) is 4.74 Å². The average Bonchev–Trinajstić information content (AvgIpc) is 3.05. The molecule has 9 heteroatoms. The van der Waals surface area contributed by atoms with Crippen LogP contribution >= 0.6 is 0 Å². The molecule has 0 spiro atoms. The molecule has 2 aromatic heterocycles. The smallest absolute Gasteiger partial charge is 0.269 e. The zero-order valence-electron chi connectivity index (χ0n) is 16.1. The lowest BCUT2D eigenvalue weighted by Crippen LogP contribution is -2.18. The standard InChI is InChI=1S/C21H17F2N5O2/c1-24-20(29)18-11-14(7-8-25-18)30-13-4-6-19-17(10-13)27-21(28(19)2)26-16-9-12(22)3-5-15(16)23/h3-11H,1-2H3,(H,24,29)(H,26,27). The number of anilines is 2. The number of rotatable bonds is 5. The number of fused-ring (bicyclic) bond motifs is 1. The fourth-order valence-corrected chi connectivity index (χ4v) is 2.93. The Morgan fingerprint density at radius 1 is 1.07 bits per heavy atom. The van der Waals surface area contributed by atoms with Gasteiger partial charge in [-0.15, -0.1) is 0 Å². The Labute approximate surface area is 170 Å². The Morgan fingerprint density at radius 2 is 1.87 bits per heavy atom. The van der Waals surface area contributed by atoms with Gasteiger partial charge in [-0.05, 0) is 30.3 Å². The van der Waals surface area contributed by atoms with E-state index in [-0.39, 0.29) is 17.3 Å². The topological polar surface area (TPSA) is 81.1 Å². The van der Waals surface area contributed by atoms with Crippen LogP contribution in [0.2, 0.25) is 0 Å². The highest BCUT2D eigenvalue weighted by Crippen LogP contribution is 2.28. The zero-order chi connectivity index (χ0) is 21.3. The Hall–Kier alpha value is -4.01. The number of aromatic nitrogens is 3. The summed E-state index contributed by atoms with van der Waals surface area (Å²) in [5.74, 6) is -0.172. The van der Waals surface area contributed by atoms with Gasteiger partial charge in [0.25, 0.3) is 5.91 Å². The van der Waals surface area contributed by atoms with E-state index >= 15 is 0 Å². The number of nitrogens with one attached hydrogen (secondary N) is 2. The summed E-state index contributed by atoms with van der Waals surface area (Å²) >= 11 is 0. The number of benzene rings is 2. The molecule has 4 rings (SSSR count). The molecule has 0 aliphatic rings. The van der Waals surface area contributed by atoms with Crippen molar-refractivity contribution in [3.05, 3.63) is 72.1 Å². The highest BCUT2D eigenvalue weighted by atomic mass is 19.1. The van der Waals surface area contributed by atoms with Crippen LogP contribution in [-0.4, -0.2) is 27.5 Å². The quantitative estimate of drug-likeness (QED) is 0.518. The molecule has 2 heterocycles. The van der Waals surface area contributed by atoms with Gasteiger partial charge >= 0.3 is 0 Å². The van der Waals surface area contributed by atoms with E-state index in [9.17, 15) is 13.6 Å². The molecule has 0 saturated carbocycles. The number of hydrogen-bond donors (Lipinski definition) is 2. The van der Waals surface area contributed by atoms with Gasteiger partial charge in [-0.2, -0.15) is 0 Å². The van der Waals surface area contributed by atoms with Crippen LogP contribution in [0.25, 0.3) is 11.0 Å². The average molecular weight is 409 g/mol. The van der Waals surface area contributed by atoms with Crippen molar-refractivity contribution in [1.29, 1.82) is 0 Å². The summed E-state index contributed by atoms with van der Waals surface area (Å²) in [6, 6.07) is 11.6. The molecule has 4 aromatic rings. The van der Waals surface area contributed by atoms with Crippen LogP contribution in [0.5, 0.6) is 11.5 Å². The van der Waals surface area contributed by atoms with Crippen LogP contribution in [0.3, 0.4) is 0 Å². The van der Waals surface area contributed by atoms with E-state index in [2.05, 4.69) is 20.6 Å². The van der Waals surface area contributed by atoms with Gasteiger partial charge in [-0.1, -0.05) is 0 Å². The molecule has 0 saturated heterocycles. The number of nitrogens with zero attached hydrogens (tertiary/aromatic N) is 3. The van der Waals surface area contributed by atoms with Crippen LogP contribution in [0.4, 0.5) is 20.4 Å². The molecule has 0 aliphatic heterocycles. The van der Waals surface area contributed by atoms with E-state index in [0.29, 0.717) is 23.0 Å². The highest BCUT2D eigenvalue weighted by Gasteiger charge is 2.13. The maximum Gasteiger partial charge on any atom is 0.269 e. The fraction of sp³-hybridized carbons (Fsp3) is 0.0952. The summed E-state index contributed by atoms with van der Waals surface area (Å²) in [4.78, 5) is 20.2. The molecule has 2 aromatic carbocycles. The molecule has 1 amide bonds. The summed E-state index contributed by atoms with van der Waals surface area (Å²) in [6.45, 7) is 0. The summed E-state index contributed by atoms with van der Waals surface area (Å²) < 4.78 is 34.9. The van der Waals surface area contributed by atoms with Gasteiger partial charge in [0, 0.05) is 38.5 Å². The SMILES string of the molecule is CNC(=O)c1cc(Oc2ccc3c(c2)nc(Nc2cc(F)ccc2F)n3C)ccn1. The number of imidazole rings is 1.